The zero-order valence-corrected chi connectivity index (χ0v) is 18.7. The number of benzene rings is 2. The number of para-hydroxylation sites is 2. The van der Waals surface area contributed by atoms with Crippen LogP contribution in [0.2, 0.25) is 0 Å². The second-order valence-corrected chi connectivity index (χ2v) is 8.49. The van der Waals surface area contributed by atoms with Gasteiger partial charge in [-0.3, -0.25) is 14.5 Å². The molecule has 0 spiro atoms. The first-order chi connectivity index (χ1) is 16.4. The van der Waals surface area contributed by atoms with E-state index in [0.717, 1.165) is 5.52 Å². The normalized spacial score (nSPS) is 17.7. The van der Waals surface area contributed by atoms with Gasteiger partial charge in [-0.05, 0) is 54.4 Å². The number of aromatic nitrogens is 2. The predicted octanol–water partition coefficient (Wildman–Crippen LogP) is 4.82. The molecule has 2 aromatic heterocycles. The van der Waals surface area contributed by atoms with Gasteiger partial charge in [0.2, 0.25) is 5.95 Å². The van der Waals surface area contributed by atoms with E-state index in [1.54, 1.807) is 42.5 Å². The van der Waals surface area contributed by atoms with Crippen LogP contribution in [0.15, 0.2) is 76.9 Å². The minimum absolute atomic E-state index is 0.0729. The highest BCUT2D eigenvalue weighted by atomic mass is 16.5. The Hall–Kier alpha value is -4.33. The first-order valence-corrected chi connectivity index (χ1v) is 11.0. The lowest BCUT2D eigenvalue weighted by atomic mass is 9.99. The number of ketones is 1. The van der Waals surface area contributed by atoms with Crippen molar-refractivity contribution in [2.24, 2.45) is 5.92 Å². The van der Waals surface area contributed by atoms with Crippen molar-refractivity contribution in [1.29, 1.82) is 0 Å². The minimum atomic E-state index is -0.979. The standard InChI is InChI=1S/C26H23N3O5/c1-15(2)14-34-17-11-9-16(10-12-17)23(30)21-22(20-8-5-13-33-20)29(25(32)24(21)31)26-27-18-6-3-4-7-19(18)28-26/h3-13,15,22,30H,14H2,1-2H3,(H,27,28)/b23-21+. The van der Waals surface area contributed by atoms with Crippen LogP contribution >= 0.6 is 0 Å². The summed E-state index contributed by atoms with van der Waals surface area (Å²) in [5, 5.41) is 11.2. The molecule has 3 heterocycles. The van der Waals surface area contributed by atoms with E-state index in [4.69, 9.17) is 9.15 Å². The van der Waals surface area contributed by atoms with Crippen molar-refractivity contribution in [1.82, 2.24) is 9.97 Å². The Bertz CT molecular complexity index is 1350. The van der Waals surface area contributed by atoms with Gasteiger partial charge < -0.3 is 19.2 Å². The van der Waals surface area contributed by atoms with Crippen LogP contribution < -0.4 is 9.64 Å². The van der Waals surface area contributed by atoms with Gasteiger partial charge in [0.05, 0.1) is 29.5 Å². The number of hydrogen-bond donors (Lipinski definition) is 2. The molecule has 1 aliphatic heterocycles. The largest absolute Gasteiger partial charge is 0.507 e. The van der Waals surface area contributed by atoms with Crippen LogP contribution in [-0.4, -0.2) is 33.4 Å². The maximum atomic E-state index is 13.2. The number of hydrogen-bond acceptors (Lipinski definition) is 6. The molecule has 5 rings (SSSR count). The van der Waals surface area contributed by atoms with Gasteiger partial charge in [-0.25, -0.2) is 4.98 Å². The molecule has 1 saturated heterocycles. The highest BCUT2D eigenvalue weighted by Crippen LogP contribution is 2.41. The number of H-pyrrole nitrogens is 1. The Morgan fingerprint density at radius 3 is 2.56 bits per heavy atom. The molecule has 172 valence electrons. The number of aliphatic hydroxyl groups is 1. The average Bonchev–Trinajstić information content (AvgIpc) is 3.56. The smallest absolute Gasteiger partial charge is 0.302 e. The topological polar surface area (TPSA) is 109 Å². The van der Waals surface area contributed by atoms with Crippen LogP contribution in [0.3, 0.4) is 0 Å². The van der Waals surface area contributed by atoms with Gasteiger partial charge in [0, 0.05) is 5.56 Å². The number of furan rings is 1. The number of aromatic amines is 1. The van der Waals surface area contributed by atoms with Gasteiger partial charge >= 0.3 is 5.91 Å². The Labute approximate surface area is 195 Å². The molecule has 4 aromatic rings. The highest BCUT2D eigenvalue weighted by Gasteiger charge is 2.49. The van der Waals surface area contributed by atoms with E-state index in [1.165, 1.54) is 11.2 Å². The summed E-state index contributed by atoms with van der Waals surface area (Å²) in [4.78, 5) is 35.1. The van der Waals surface area contributed by atoms with Crippen LogP contribution in [0.5, 0.6) is 5.75 Å². The summed E-state index contributed by atoms with van der Waals surface area (Å²) in [6, 6.07) is 16.4. The average molecular weight is 457 g/mol. The monoisotopic (exact) mass is 457 g/mol. The second kappa shape index (κ2) is 8.55. The van der Waals surface area contributed by atoms with Gasteiger partial charge in [-0.15, -0.1) is 0 Å². The predicted molar refractivity (Wildman–Crippen MR) is 126 cm³/mol. The van der Waals surface area contributed by atoms with Gasteiger partial charge in [0.1, 0.15) is 23.3 Å². The van der Waals surface area contributed by atoms with E-state index in [1.807, 2.05) is 18.2 Å². The molecule has 2 aromatic carbocycles. The van der Waals surface area contributed by atoms with Crippen LogP contribution in [0.25, 0.3) is 16.8 Å². The summed E-state index contributed by atoms with van der Waals surface area (Å²) >= 11 is 0. The van der Waals surface area contributed by atoms with Crippen molar-refractivity contribution in [3.05, 3.63) is 83.8 Å². The van der Waals surface area contributed by atoms with Gasteiger partial charge in [-0.2, -0.15) is 0 Å². The first-order valence-electron chi connectivity index (χ1n) is 11.0. The van der Waals surface area contributed by atoms with Crippen molar-refractivity contribution < 1.29 is 23.8 Å². The Kier molecular flexibility index (Phi) is 5.41. The SMILES string of the molecule is CC(C)COc1ccc(/C(O)=C2\C(=O)C(=O)N(c3nc4ccccc4[nH]3)C2c2ccco2)cc1. The molecular formula is C26H23N3O5. The Morgan fingerprint density at radius 1 is 1.12 bits per heavy atom. The summed E-state index contributed by atoms with van der Waals surface area (Å²) in [6.45, 7) is 4.66. The molecule has 0 saturated carbocycles. The molecule has 8 heteroatoms. The molecule has 8 nitrogen and oxygen atoms in total. The third kappa shape index (κ3) is 3.73. The molecule has 1 amide bonds. The number of nitrogens with one attached hydrogen (secondary N) is 1. The zero-order valence-electron chi connectivity index (χ0n) is 18.7. The Morgan fingerprint density at radius 2 is 1.88 bits per heavy atom. The number of fused-ring (bicyclic) bond motifs is 1. The number of imidazole rings is 1. The third-order valence-electron chi connectivity index (χ3n) is 5.57. The summed E-state index contributed by atoms with van der Waals surface area (Å²) in [5.41, 5.74) is 1.68. The van der Waals surface area contributed by atoms with Gasteiger partial charge in [0.25, 0.3) is 5.78 Å². The lowest BCUT2D eigenvalue weighted by Gasteiger charge is -2.20. The number of aliphatic hydroxyl groups excluding tert-OH is 1. The van der Waals surface area contributed by atoms with Crippen LogP contribution in [0.4, 0.5) is 5.95 Å². The maximum Gasteiger partial charge on any atom is 0.302 e. The maximum absolute atomic E-state index is 13.2. The minimum Gasteiger partial charge on any atom is -0.507 e. The number of carbonyl (C=O) groups is 2. The zero-order chi connectivity index (χ0) is 23.8. The molecule has 1 atom stereocenters. The number of amides is 1. The highest BCUT2D eigenvalue weighted by molar-refractivity contribution is 6.51. The Balaban J connectivity index is 1.59. The number of Topliss-reactive ketones (excluding diaryl/α,β-unsaturated/α-hetero) is 1. The quantitative estimate of drug-likeness (QED) is 0.244. The van der Waals surface area contributed by atoms with Crippen LogP contribution in [-0.2, 0) is 9.59 Å². The molecule has 34 heavy (non-hydrogen) atoms. The van der Waals surface area contributed by atoms with E-state index >= 15 is 0 Å². The molecular weight excluding hydrogens is 434 g/mol. The van der Waals surface area contributed by atoms with Gasteiger partial charge in [-0.1, -0.05) is 26.0 Å². The van der Waals surface area contributed by atoms with E-state index < -0.39 is 17.7 Å². The van der Waals surface area contributed by atoms with E-state index in [9.17, 15) is 14.7 Å². The molecule has 1 aliphatic rings. The van der Waals surface area contributed by atoms with Crippen molar-refractivity contribution >= 4 is 34.4 Å². The van der Waals surface area contributed by atoms with Crippen molar-refractivity contribution in [3.8, 4) is 5.75 Å². The van der Waals surface area contributed by atoms with E-state index in [0.29, 0.717) is 35.1 Å². The molecule has 1 unspecified atom stereocenters. The second-order valence-electron chi connectivity index (χ2n) is 8.49. The summed E-state index contributed by atoms with van der Waals surface area (Å²) in [7, 11) is 0. The van der Waals surface area contributed by atoms with Crippen LogP contribution in [0, 0.1) is 5.92 Å². The lowest BCUT2D eigenvalue weighted by molar-refractivity contribution is -0.132. The van der Waals surface area contributed by atoms with E-state index in [-0.39, 0.29) is 17.3 Å². The van der Waals surface area contributed by atoms with Crippen molar-refractivity contribution in [2.45, 2.75) is 19.9 Å². The third-order valence-corrected chi connectivity index (χ3v) is 5.57. The van der Waals surface area contributed by atoms with Crippen molar-refractivity contribution in [2.75, 3.05) is 11.5 Å². The van der Waals surface area contributed by atoms with E-state index in [2.05, 4.69) is 23.8 Å². The molecule has 2 N–H and O–H groups in total. The molecule has 0 radical (unpaired) electrons. The summed E-state index contributed by atoms with van der Waals surface area (Å²) < 4.78 is 11.3. The fraction of sp³-hybridized carbons (Fsp3) is 0.192. The molecule has 0 aliphatic carbocycles. The van der Waals surface area contributed by atoms with Crippen molar-refractivity contribution in [3.63, 3.8) is 0 Å². The lowest BCUT2D eigenvalue weighted by Crippen LogP contribution is -2.30. The summed E-state index contributed by atoms with van der Waals surface area (Å²) in [5.74, 6) is -0.377. The first kappa shape index (κ1) is 21.5. The number of carbonyl (C=O) groups excluding carboxylic acids is 2. The fourth-order valence-electron chi connectivity index (χ4n) is 3.95. The number of ether oxygens (including phenoxy) is 1. The number of nitrogens with zero attached hydrogens (tertiary/aromatic N) is 2. The van der Waals surface area contributed by atoms with Gasteiger partial charge in [0.15, 0.2) is 0 Å². The number of anilines is 1. The molecule has 0 bridgehead atoms. The molecule has 1 fully saturated rings. The number of rotatable bonds is 6. The fourth-order valence-corrected chi connectivity index (χ4v) is 3.95. The summed E-state index contributed by atoms with van der Waals surface area (Å²) in [6.07, 6.45) is 1.45. The van der Waals surface area contributed by atoms with Crippen LogP contribution in [0.1, 0.15) is 31.2 Å².